The molecule has 0 atom stereocenters. The highest BCUT2D eigenvalue weighted by Crippen LogP contribution is 2.34. The van der Waals surface area contributed by atoms with E-state index in [0.717, 1.165) is 22.4 Å². The fraction of sp³-hybridized carbons (Fsp3) is 0.304. The van der Waals surface area contributed by atoms with Gasteiger partial charge in [0, 0.05) is 16.8 Å². The first-order valence-electron chi connectivity index (χ1n) is 10.4. The van der Waals surface area contributed by atoms with Crippen LogP contribution in [0, 0.1) is 6.92 Å². The van der Waals surface area contributed by atoms with Gasteiger partial charge in [-0.1, -0.05) is 37.3 Å². The molecule has 0 aliphatic carbocycles. The molecule has 0 radical (unpaired) electrons. The van der Waals surface area contributed by atoms with Crippen molar-refractivity contribution in [3.05, 3.63) is 63.0 Å². The number of thiazole rings is 1. The SMILES string of the molecule is CCOC(=O)c1c(NC(=O)COC(=O)c2csc(NCc3ccccc3)n2)sc(CC)c1C. The Kier molecular flexibility index (Phi) is 8.56. The minimum Gasteiger partial charge on any atom is -0.462 e. The number of ether oxygens (including phenoxy) is 2. The number of nitrogens with zero attached hydrogens (tertiary/aromatic N) is 1. The monoisotopic (exact) mass is 487 g/mol. The summed E-state index contributed by atoms with van der Waals surface area (Å²) < 4.78 is 10.2. The Labute approximate surface area is 200 Å². The first kappa shape index (κ1) is 24.4. The smallest absolute Gasteiger partial charge is 0.358 e. The van der Waals surface area contributed by atoms with E-state index in [-0.39, 0.29) is 12.3 Å². The second-order valence-corrected chi connectivity index (χ2v) is 8.89. The fourth-order valence-electron chi connectivity index (χ4n) is 3.02. The number of nitrogens with one attached hydrogen (secondary N) is 2. The van der Waals surface area contributed by atoms with E-state index < -0.39 is 24.5 Å². The van der Waals surface area contributed by atoms with Crippen LogP contribution in [0.4, 0.5) is 10.1 Å². The lowest BCUT2D eigenvalue weighted by Gasteiger charge is -2.07. The molecule has 0 bridgehead atoms. The first-order valence-corrected chi connectivity index (χ1v) is 12.1. The van der Waals surface area contributed by atoms with E-state index in [1.807, 2.05) is 44.2 Å². The number of amides is 1. The van der Waals surface area contributed by atoms with Gasteiger partial charge in [0.2, 0.25) is 0 Å². The van der Waals surface area contributed by atoms with Gasteiger partial charge in [-0.25, -0.2) is 14.6 Å². The number of thiophene rings is 1. The number of rotatable bonds is 10. The van der Waals surface area contributed by atoms with Crippen molar-refractivity contribution >= 4 is 50.7 Å². The molecule has 2 aromatic heterocycles. The first-order chi connectivity index (χ1) is 15.9. The van der Waals surface area contributed by atoms with Crippen molar-refractivity contribution in [2.45, 2.75) is 33.7 Å². The van der Waals surface area contributed by atoms with E-state index in [0.29, 0.717) is 22.2 Å². The van der Waals surface area contributed by atoms with Crippen LogP contribution in [0.3, 0.4) is 0 Å². The average Bonchev–Trinajstić information content (AvgIpc) is 3.41. The van der Waals surface area contributed by atoms with Gasteiger partial charge in [0.25, 0.3) is 5.91 Å². The molecule has 1 amide bonds. The highest BCUT2D eigenvalue weighted by Gasteiger charge is 2.23. The highest BCUT2D eigenvalue weighted by molar-refractivity contribution is 7.17. The Bertz CT molecular complexity index is 1120. The third kappa shape index (κ3) is 6.39. The molecule has 33 heavy (non-hydrogen) atoms. The van der Waals surface area contributed by atoms with Crippen LogP contribution in [0.5, 0.6) is 0 Å². The molecule has 0 spiro atoms. The van der Waals surface area contributed by atoms with Gasteiger partial charge in [-0.15, -0.1) is 22.7 Å². The second-order valence-electron chi connectivity index (χ2n) is 6.93. The summed E-state index contributed by atoms with van der Waals surface area (Å²) in [6.07, 6.45) is 0.720. The number of anilines is 2. The number of hydrogen-bond donors (Lipinski definition) is 2. The molecule has 2 N–H and O–H groups in total. The molecule has 1 aromatic carbocycles. The summed E-state index contributed by atoms with van der Waals surface area (Å²) in [4.78, 5) is 42.2. The number of esters is 2. The summed E-state index contributed by atoms with van der Waals surface area (Å²) in [6.45, 7) is 5.83. The van der Waals surface area contributed by atoms with Crippen LogP contribution in [0.25, 0.3) is 0 Å². The molecular formula is C23H25N3O5S2. The minimum absolute atomic E-state index is 0.121. The summed E-state index contributed by atoms with van der Waals surface area (Å²) in [5, 5.41) is 8.36. The van der Waals surface area contributed by atoms with Crippen molar-refractivity contribution in [1.29, 1.82) is 0 Å². The molecule has 0 unspecified atom stereocenters. The Morgan fingerprint density at radius 2 is 1.82 bits per heavy atom. The molecule has 3 rings (SSSR count). The maximum absolute atomic E-state index is 12.4. The average molecular weight is 488 g/mol. The Hall–Kier alpha value is -3.24. The van der Waals surface area contributed by atoms with E-state index in [9.17, 15) is 14.4 Å². The summed E-state index contributed by atoms with van der Waals surface area (Å²) in [5.41, 5.74) is 2.33. The summed E-state index contributed by atoms with van der Waals surface area (Å²) >= 11 is 2.59. The molecular weight excluding hydrogens is 462 g/mol. The van der Waals surface area contributed by atoms with Crippen LogP contribution in [-0.2, 0) is 27.2 Å². The maximum Gasteiger partial charge on any atom is 0.358 e. The minimum atomic E-state index is -0.698. The Morgan fingerprint density at radius 1 is 1.06 bits per heavy atom. The van der Waals surface area contributed by atoms with E-state index in [1.165, 1.54) is 22.7 Å². The van der Waals surface area contributed by atoms with E-state index in [4.69, 9.17) is 9.47 Å². The summed E-state index contributed by atoms with van der Waals surface area (Å²) in [7, 11) is 0. The van der Waals surface area contributed by atoms with Gasteiger partial charge in [0.05, 0.1) is 12.2 Å². The van der Waals surface area contributed by atoms with E-state index in [1.54, 1.807) is 12.3 Å². The van der Waals surface area contributed by atoms with Crippen molar-refractivity contribution in [2.24, 2.45) is 0 Å². The Morgan fingerprint density at radius 3 is 2.52 bits per heavy atom. The van der Waals surface area contributed by atoms with Crippen LogP contribution in [0.2, 0.25) is 0 Å². The fourth-order valence-corrected chi connectivity index (χ4v) is 4.85. The molecule has 0 fully saturated rings. The predicted molar refractivity (Wildman–Crippen MR) is 129 cm³/mol. The number of carbonyl (C=O) groups is 3. The quantitative estimate of drug-likeness (QED) is 0.401. The van der Waals surface area contributed by atoms with Crippen molar-refractivity contribution in [3.63, 3.8) is 0 Å². The van der Waals surface area contributed by atoms with E-state index >= 15 is 0 Å². The van der Waals surface area contributed by atoms with Gasteiger partial charge in [0.1, 0.15) is 5.00 Å². The molecule has 174 valence electrons. The summed E-state index contributed by atoms with van der Waals surface area (Å²) in [5.74, 6) is -1.73. The second kappa shape index (κ2) is 11.6. The molecule has 0 aliphatic heterocycles. The molecule has 2 heterocycles. The molecule has 0 aliphatic rings. The van der Waals surface area contributed by atoms with Crippen LogP contribution in [-0.4, -0.2) is 36.0 Å². The normalized spacial score (nSPS) is 10.5. The van der Waals surface area contributed by atoms with Gasteiger partial charge >= 0.3 is 11.9 Å². The van der Waals surface area contributed by atoms with Crippen molar-refractivity contribution < 1.29 is 23.9 Å². The van der Waals surface area contributed by atoms with Gasteiger partial charge in [-0.05, 0) is 31.4 Å². The lowest BCUT2D eigenvalue weighted by atomic mass is 10.1. The zero-order valence-corrected chi connectivity index (χ0v) is 20.2. The third-order valence-corrected chi connectivity index (χ3v) is 6.79. The van der Waals surface area contributed by atoms with Crippen molar-refractivity contribution in [2.75, 3.05) is 23.8 Å². The van der Waals surface area contributed by atoms with Crippen molar-refractivity contribution in [1.82, 2.24) is 4.98 Å². The lowest BCUT2D eigenvalue weighted by molar-refractivity contribution is -0.119. The van der Waals surface area contributed by atoms with Crippen LogP contribution in [0.15, 0.2) is 35.7 Å². The number of carbonyl (C=O) groups excluding carboxylic acids is 3. The molecule has 10 heteroatoms. The highest BCUT2D eigenvalue weighted by atomic mass is 32.1. The third-order valence-electron chi connectivity index (χ3n) is 4.63. The van der Waals surface area contributed by atoms with Crippen LogP contribution in [0.1, 0.15) is 50.7 Å². The standard InChI is InChI=1S/C23H25N3O5S2/c1-4-17-14(3)19(22(29)30-5-2)20(33-17)26-18(27)12-31-21(28)16-13-32-23(25-16)24-11-15-9-7-6-8-10-15/h6-10,13H,4-5,11-12H2,1-3H3,(H,24,25)(H,26,27). The molecule has 8 nitrogen and oxygen atoms in total. The largest absolute Gasteiger partial charge is 0.462 e. The lowest BCUT2D eigenvalue weighted by Crippen LogP contribution is -2.22. The topological polar surface area (TPSA) is 107 Å². The zero-order valence-electron chi connectivity index (χ0n) is 18.6. The van der Waals surface area contributed by atoms with Gasteiger partial charge in [-0.3, -0.25) is 4.79 Å². The van der Waals surface area contributed by atoms with Crippen LogP contribution < -0.4 is 10.6 Å². The predicted octanol–water partition coefficient (Wildman–Crippen LogP) is 4.66. The van der Waals surface area contributed by atoms with Crippen LogP contribution >= 0.6 is 22.7 Å². The number of hydrogen-bond acceptors (Lipinski definition) is 9. The van der Waals surface area contributed by atoms with Gasteiger partial charge < -0.3 is 20.1 Å². The zero-order chi connectivity index (χ0) is 23.8. The Balaban J connectivity index is 1.55. The molecule has 0 saturated carbocycles. The van der Waals surface area contributed by atoms with Gasteiger partial charge in [0.15, 0.2) is 17.4 Å². The molecule has 3 aromatic rings. The molecule has 0 saturated heterocycles. The number of benzene rings is 1. The van der Waals surface area contributed by atoms with Crippen molar-refractivity contribution in [3.8, 4) is 0 Å². The number of aromatic nitrogens is 1. The van der Waals surface area contributed by atoms with Gasteiger partial charge in [-0.2, -0.15) is 0 Å². The maximum atomic E-state index is 12.4. The van der Waals surface area contributed by atoms with E-state index in [2.05, 4.69) is 15.6 Å². The summed E-state index contributed by atoms with van der Waals surface area (Å²) in [6, 6.07) is 9.81. The number of aryl methyl sites for hydroxylation is 1.